The number of anilines is 1. The van der Waals surface area contributed by atoms with Crippen molar-refractivity contribution in [2.45, 2.75) is 52.0 Å². The summed E-state index contributed by atoms with van der Waals surface area (Å²) < 4.78 is 5.89. The SMILES string of the molecule is Cc1cc(CN)ccc1COc1ccc(NC(=O)NCc2ccc3c(c2)CN(C2CCC(=O)NC2=O)C3=O)cc1. The molecular formula is C30H31N5O5. The van der Waals surface area contributed by atoms with E-state index in [9.17, 15) is 19.2 Å². The second kappa shape index (κ2) is 11.6. The first-order valence-electron chi connectivity index (χ1n) is 13.1. The highest BCUT2D eigenvalue weighted by Gasteiger charge is 2.39. The Labute approximate surface area is 231 Å². The minimum atomic E-state index is -0.659. The van der Waals surface area contributed by atoms with E-state index in [4.69, 9.17) is 10.5 Å². The number of benzene rings is 3. The van der Waals surface area contributed by atoms with E-state index in [1.807, 2.05) is 25.1 Å². The molecular weight excluding hydrogens is 510 g/mol. The fraction of sp³-hybridized carbons (Fsp3) is 0.267. The van der Waals surface area contributed by atoms with Crippen molar-refractivity contribution in [2.24, 2.45) is 5.73 Å². The van der Waals surface area contributed by atoms with Crippen molar-refractivity contribution < 1.29 is 23.9 Å². The van der Waals surface area contributed by atoms with Crippen LogP contribution >= 0.6 is 0 Å². The summed E-state index contributed by atoms with van der Waals surface area (Å²) in [4.78, 5) is 50.5. The number of amides is 5. The standard InChI is InChI=1S/C30H31N5O5/c1-18-12-19(14-31)2-4-21(18)17-40-24-7-5-23(6-8-24)33-30(39)32-15-20-3-9-25-22(13-20)16-35(29(25)38)26-10-11-27(36)34-28(26)37/h2-9,12-13,26H,10-11,14-17,31H2,1H3,(H2,32,33,39)(H,34,36,37). The number of carbonyl (C=O) groups excluding carboxylic acids is 4. The zero-order valence-electron chi connectivity index (χ0n) is 22.2. The van der Waals surface area contributed by atoms with Crippen LogP contribution in [-0.4, -0.2) is 34.7 Å². The number of urea groups is 1. The van der Waals surface area contributed by atoms with E-state index >= 15 is 0 Å². The summed E-state index contributed by atoms with van der Waals surface area (Å²) in [6, 6.07) is 17.5. The summed E-state index contributed by atoms with van der Waals surface area (Å²) in [5.74, 6) is -0.300. The molecule has 2 aliphatic heterocycles. The number of hydrogen-bond acceptors (Lipinski definition) is 6. The molecule has 1 fully saturated rings. The van der Waals surface area contributed by atoms with E-state index in [2.05, 4.69) is 22.0 Å². The first-order chi connectivity index (χ1) is 19.3. The van der Waals surface area contributed by atoms with Gasteiger partial charge in [-0.1, -0.05) is 30.3 Å². The van der Waals surface area contributed by atoms with E-state index in [-0.39, 0.29) is 37.4 Å². The zero-order chi connectivity index (χ0) is 28.2. The van der Waals surface area contributed by atoms with Gasteiger partial charge in [-0.25, -0.2) is 4.79 Å². The second-order valence-corrected chi connectivity index (χ2v) is 9.98. The number of carbonyl (C=O) groups is 4. The van der Waals surface area contributed by atoms with Crippen LogP contribution in [0.5, 0.6) is 5.75 Å². The maximum absolute atomic E-state index is 12.8. The molecule has 10 heteroatoms. The van der Waals surface area contributed by atoms with Crippen molar-refractivity contribution >= 4 is 29.4 Å². The van der Waals surface area contributed by atoms with Crippen molar-refractivity contribution in [1.29, 1.82) is 0 Å². The van der Waals surface area contributed by atoms with Crippen molar-refractivity contribution in [2.75, 3.05) is 5.32 Å². The molecule has 0 bridgehead atoms. The van der Waals surface area contributed by atoms with E-state index < -0.39 is 11.9 Å². The fourth-order valence-corrected chi connectivity index (χ4v) is 4.94. The minimum absolute atomic E-state index is 0.209. The van der Waals surface area contributed by atoms with E-state index in [0.717, 1.165) is 27.8 Å². The highest BCUT2D eigenvalue weighted by atomic mass is 16.5. The predicted molar refractivity (Wildman–Crippen MR) is 148 cm³/mol. The molecule has 40 heavy (non-hydrogen) atoms. The Morgan fingerprint density at radius 1 is 1.05 bits per heavy atom. The predicted octanol–water partition coefficient (Wildman–Crippen LogP) is 3.12. The lowest BCUT2D eigenvalue weighted by atomic mass is 10.0. The van der Waals surface area contributed by atoms with Crippen molar-refractivity contribution in [1.82, 2.24) is 15.5 Å². The lowest BCUT2D eigenvalue weighted by molar-refractivity contribution is -0.136. The van der Waals surface area contributed by atoms with Crippen molar-refractivity contribution in [3.8, 4) is 5.75 Å². The number of piperidine rings is 1. The monoisotopic (exact) mass is 541 g/mol. The minimum Gasteiger partial charge on any atom is -0.489 e. The summed E-state index contributed by atoms with van der Waals surface area (Å²) in [5.41, 5.74) is 11.7. The normalized spacial score (nSPS) is 16.4. The molecule has 2 aliphatic rings. The van der Waals surface area contributed by atoms with Crippen LogP contribution in [0.25, 0.3) is 0 Å². The average Bonchev–Trinajstić information content (AvgIpc) is 3.27. The van der Waals surface area contributed by atoms with Gasteiger partial charge in [0.25, 0.3) is 5.91 Å². The molecule has 2 heterocycles. The summed E-state index contributed by atoms with van der Waals surface area (Å²) in [5, 5.41) is 7.93. The quantitative estimate of drug-likeness (QED) is 0.323. The van der Waals surface area contributed by atoms with Gasteiger partial charge in [0.15, 0.2) is 0 Å². The molecule has 1 saturated heterocycles. The third kappa shape index (κ3) is 5.97. The lowest BCUT2D eigenvalue weighted by Gasteiger charge is -2.29. The van der Waals surface area contributed by atoms with Crippen LogP contribution in [0.4, 0.5) is 10.5 Å². The molecule has 1 atom stereocenters. The van der Waals surface area contributed by atoms with Gasteiger partial charge in [0, 0.05) is 37.3 Å². The molecule has 10 nitrogen and oxygen atoms in total. The third-order valence-corrected chi connectivity index (χ3v) is 7.19. The number of hydrogen-bond donors (Lipinski definition) is 4. The zero-order valence-corrected chi connectivity index (χ0v) is 22.2. The molecule has 1 unspecified atom stereocenters. The van der Waals surface area contributed by atoms with Crippen molar-refractivity contribution in [3.63, 3.8) is 0 Å². The number of fused-ring (bicyclic) bond motifs is 1. The van der Waals surface area contributed by atoms with Gasteiger partial charge in [0.05, 0.1) is 0 Å². The Morgan fingerprint density at radius 3 is 2.55 bits per heavy atom. The third-order valence-electron chi connectivity index (χ3n) is 7.19. The van der Waals surface area contributed by atoms with Gasteiger partial charge < -0.3 is 26.0 Å². The average molecular weight is 542 g/mol. The second-order valence-electron chi connectivity index (χ2n) is 9.98. The first kappa shape index (κ1) is 26.9. The van der Waals surface area contributed by atoms with E-state index in [1.165, 1.54) is 4.90 Å². The van der Waals surface area contributed by atoms with Gasteiger partial charge in [-0.05, 0) is 71.5 Å². The largest absolute Gasteiger partial charge is 0.489 e. The lowest BCUT2D eigenvalue weighted by Crippen LogP contribution is -2.52. The Morgan fingerprint density at radius 2 is 1.82 bits per heavy atom. The van der Waals surface area contributed by atoms with E-state index in [0.29, 0.717) is 36.6 Å². The Bertz CT molecular complexity index is 1470. The summed E-state index contributed by atoms with van der Waals surface area (Å²) in [6.45, 7) is 3.51. The molecule has 3 aromatic rings. The van der Waals surface area contributed by atoms with Crippen LogP contribution in [0, 0.1) is 6.92 Å². The maximum atomic E-state index is 12.8. The van der Waals surface area contributed by atoms with Gasteiger partial charge in [-0.3, -0.25) is 19.7 Å². The van der Waals surface area contributed by atoms with Crippen LogP contribution < -0.4 is 26.4 Å². The maximum Gasteiger partial charge on any atom is 0.319 e. The van der Waals surface area contributed by atoms with Crippen LogP contribution in [0.15, 0.2) is 60.7 Å². The molecule has 5 amide bonds. The summed E-state index contributed by atoms with van der Waals surface area (Å²) in [6.07, 6.45) is 0.523. The summed E-state index contributed by atoms with van der Waals surface area (Å²) >= 11 is 0. The number of imide groups is 1. The number of aryl methyl sites for hydroxylation is 1. The van der Waals surface area contributed by atoms with Crippen LogP contribution in [0.2, 0.25) is 0 Å². The molecule has 0 saturated carbocycles. The van der Waals surface area contributed by atoms with Crippen molar-refractivity contribution in [3.05, 3.63) is 94.0 Å². The number of nitrogens with zero attached hydrogens (tertiary/aromatic N) is 1. The van der Waals surface area contributed by atoms with Crippen LogP contribution in [-0.2, 0) is 35.8 Å². The molecule has 5 N–H and O–H groups in total. The van der Waals surface area contributed by atoms with Crippen LogP contribution in [0.1, 0.15) is 51.0 Å². The highest BCUT2D eigenvalue weighted by Crippen LogP contribution is 2.28. The molecule has 0 spiro atoms. The Balaban J connectivity index is 1.11. The number of nitrogens with two attached hydrogens (primary N) is 1. The van der Waals surface area contributed by atoms with E-state index in [1.54, 1.807) is 36.4 Å². The molecule has 0 radical (unpaired) electrons. The fourth-order valence-electron chi connectivity index (χ4n) is 4.94. The topological polar surface area (TPSA) is 143 Å². The molecule has 0 aliphatic carbocycles. The van der Waals surface area contributed by atoms with Gasteiger partial charge in [0.2, 0.25) is 11.8 Å². The number of ether oxygens (including phenoxy) is 1. The number of rotatable bonds is 8. The van der Waals surface area contributed by atoms with Gasteiger partial charge >= 0.3 is 6.03 Å². The molecule has 206 valence electrons. The van der Waals surface area contributed by atoms with Gasteiger partial charge in [-0.15, -0.1) is 0 Å². The summed E-state index contributed by atoms with van der Waals surface area (Å²) in [7, 11) is 0. The smallest absolute Gasteiger partial charge is 0.319 e. The first-order valence-corrected chi connectivity index (χ1v) is 13.1. The Kier molecular flexibility index (Phi) is 7.79. The molecule has 5 rings (SSSR count). The highest BCUT2D eigenvalue weighted by molar-refractivity contribution is 6.05. The van der Waals surface area contributed by atoms with Crippen LogP contribution in [0.3, 0.4) is 0 Å². The number of nitrogens with one attached hydrogen (secondary N) is 3. The van der Waals surface area contributed by atoms with Gasteiger partial charge in [0.1, 0.15) is 18.4 Å². The molecule has 3 aromatic carbocycles. The molecule has 0 aromatic heterocycles. The Hall–Kier alpha value is -4.70. The van der Waals surface area contributed by atoms with Gasteiger partial charge in [-0.2, -0.15) is 0 Å².